The number of fused-ring (bicyclic) bond motifs is 5. The quantitative estimate of drug-likeness (QED) is 0.750. The van der Waals surface area contributed by atoms with Gasteiger partial charge in [0.05, 0.1) is 0 Å². The Labute approximate surface area is 85.5 Å². The van der Waals surface area contributed by atoms with Crippen LogP contribution in [0.5, 0.6) is 0 Å². The lowest BCUT2D eigenvalue weighted by molar-refractivity contribution is 0.479. The molecule has 74 valence electrons. The Kier molecular flexibility index (Phi) is 1.88. The molecule has 1 aromatic rings. The third kappa shape index (κ3) is 1.05. The Bertz CT molecular complexity index is 345. The summed E-state index contributed by atoms with van der Waals surface area (Å²) in [6, 6.07) is 9.76. The van der Waals surface area contributed by atoms with Gasteiger partial charge in [-0.05, 0) is 36.4 Å². The van der Waals surface area contributed by atoms with Gasteiger partial charge in [0.15, 0.2) is 0 Å². The summed E-state index contributed by atoms with van der Waals surface area (Å²) in [5, 5.41) is 3.62. The van der Waals surface area contributed by atoms with Gasteiger partial charge in [-0.3, -0.25) is 0 Å². The summed E-state index contributed by atoms with van der Waals surface area (Å²) >= 11 is 0. The molecule has 0 aliphatic heterocycles. The molecular weight excluding hydrogens is 170 g/mol. The third-order valence-corrected chi connectivity index (χ3v) is 3.86. The van der Waals surface area contributed by atoms with Gasteiger partial charge in [-0.25, -0.2) is 0 Å². The normalized spacial score (nSPS) is 33.4. The van der Waals surface area contributed by atoms with Crippen LogP contribution >= 0.6 is 0 Å². The van der Waals surface area contributed by atoms with Crippen LogP contribution in [-0.4, -0.2) is 12.6 Å². The van der Waals surface area contributed by atoms with Gasteiger partial charge in [0.2, 0.25) is 0 Å². The Balaban J connectivity index is 1.94. The van der Waals surface area contributed by atoms with Gasteiger partial charge in [0, 0.05) is 12.0 Å². The smallest absolute Gasteiger partial charge is 0.0142 e. The van der Waals surface area contributed by atoms with E-state index in [9.17, 15) is 0 Å². The molecule has 0 amide bonds. The van der Waals surface area contributed by atoms with Crippen LogP contribution < -0.4 is 5.32 Å². The predicted octanol–water partition coefficient (Wildman–Crippen LogP) is 2.64. The second-order valence-corrected chi connectivity index (χ2v) is 4.57. The molecule has 3 rings (SSSR count). The highest BCUT2D eigenvalue weighted by Crippen LogP contribution is 2.52. The minimum atomic E-state index is 0.750. The van der Waals surface area contributed by atoms with Gasteiger partial charge in [0.25, 0.3) is 0 Å². The van der Waals surface area contributed by atoms with Gasteiger partial charge < -0.3 is 5.32 Å². The second kappa shape index (κ2) is 3.09. The molecule has 0 aromatic heterocycles. The SMILES string of the molecule is CCNC1CC2CC1c1ccccc12. The fourth-order valence-electron chi connectivity index (χ4n) is 3.34. The van der Waals surface area contributed by atoms with Crippen molar-refractivity contribution in [3.8, 4) is 0 Å². The van der Waals surface area contributed by atoms with Gasteiger partial charge in [-0.1, -0.05) is 31.2 Å². The molecule has 0 heterocycles. The van der Waals surface area contributed by atoms with Crippen LogP contribution in [0.25, 0.3) is 0 Å². The monoisotopic (exact) mass is 187 g/mol. The van der Waals surface area contributed by atoms with Crippen molar-refractivity contribution in [2.45, 2.75) is 37.6 Å². The first-order valence-corrected chi connectivity index (χ1v) is 5.72. The van der Waals surface area contributed by atoms with Gasteiger partial charge >= 0.3 is 0 Å². The maximum atomic E-state index is 3.62. The van der Waals surface area contributed by atoms with E-state index in [2.05, 4.69) is 36.5 Å². The van der Waals surface area contributed by atoms with E-state index in [1.54, 1.807) is 11.1 Å². The third-order valence-electron chi connectivity index (χ3n) is 3.86. The summed E-state index contributed by atoms with van der Waals surface area (Å²) < 4.78 is 0. The molecule has 1 heteroatoms. The average Bonchev–Trinajstić information content (AvgIpc) is 2.77. The van der Waals surface area contributed by atoms with E-state index < -0.39 is 0 Å². The van der Waals surface area contributed by atoms with Crippen molar-refractivity contribution in [1.29, 1.82) is 0 Å². The lowest BCUT2D eigenvalue weighted by Crippen LogP contribution is -2.32. The van der Waals surface area contributed by atoms with Crippen molar-refractivity contribution >= 4 is 0 Å². The highest BCUT2D eigenvalue weighted by molar-refractivity contribution is 5.42. The molecule has 0 saturated heterocycles. The molecule has 0 radical (unpaired) electrons. The standard InChI is InChI=1S/C13H17N/c1-2-14-13-8-9-7-12(13)11-6-4-3-5-10(9)11/h3-6,9,12-14H,2,7-8H2,1H3. The van der Waals surface area contributed by atoms with E-state index in [0.717, 1.165) is 24.4 Å². The Morgan fingerprint density at radius 3 is 2.79 bits per heavy atom. The molecule has 14 heavy (non-hydrogen) atoms. The van der Waals surface area contributed by atoms with E-state index in [4.69, 9.17) is 0 Å². The molecular formula is C13H17N. The number of rotatable bonds is 2. The first kappa shape index (κ1) is 8.49. The maximum absolute atomic E-state index is 3.62. The summed E-state index contributed by atoms with van der Waals surface area (Å²) in [7, 11) is 0. The molecule has 2 aliphatic rings. The molecule has 3 unspecified atom stereocenters. The zero-order valence-electron chi connectivity index (χ0n) is 8.66. The Hall–Kier alpha value is -0.820. The van der Waals surface area contributed by atoms with Crippen molar-refractivity contribution in [1.82, 2.24) is 5.32 Å². The van der Waals surface area contributed by atoms with Gasteiger partial charge in [-0.2, -0.15) is 0 Å². The largest absolute Gasteiger partial charge is 0.314 e. The van der Waals surface area contributed by atoms with E-state index in [1.165, 1.54) is 12.8 Å². The van der Waals surface area contributed by atoms with E-state index in [0.29, 0.717) is 0 Å². The molecule has 0 spiro atoms. The van der Waals surface area contributed by atoms with Crippen molar-refractivity contribution in [2.24, 2.45) is 0 Å². The summed E-state index contributed by atoms with van der Waals surface area (Å²) in [6.45, 7) is 3.31. The number of hydrogen-bond donors (Lipinski definition) is 1. The van der Waals surface area contributed by atoms with Crippen LogP contribution in [0.4, 0.5) is 0 Å². The summed E-state index contributed by atoms with van der Waals surface area (Å²) in [5.41, 5.74) is 3.25. The molecule has 2 bridgehead atoms. The van der Waals surface area contributed by atoms with E-state index in [-0.39, 0.29) is 0 Å². The molecule has 1 N–H and O–H groups in total. The molecule has 1 aromatic carbocycles. The highest BCUT2D eigenvalue weighted by atomic mass is 14.9. The van der Waals surface area contributed by atoms with Crippen molar-refractivity contribution in [3.05, 3.63) is 35.4 Å². The maximum Gasteiger partial charge on any atom is 0.0142 e. The van der Waals surface area contributed by atoms with Crippen molar-refractivity contribution in [2.75, 3.05) is 6.54 Å². The highest BCUT2D eigenvalue weighted by Gasteiger charge is 2.42. The molecule has 3 atom stereocenters. The Morgan fingerprint density at radius 1 is 1.21 bits per heavy atom. The summed E-state index contributed by atoms with van der Waals surface area (Å²) in [6.07, 6.45) is 2.74. The first-order valence-electron chi connectivity index (χ1n) is 5.72. The van der Waals surface area contributed by atoms with Gasteiger partial charge in [-0.15, -0.1) is 0 Å². The van der Waals surface area contributed by atoms with Crippen LogP contribution in [0, 0.1) is 0 Å². The number of likely N-dealkylation sites (N-methyl/N-ethyl adjacent to an activating group) is 1. The fourth-order valence-corrected chi connectivity index (χ4v) is 3.34. The van der Waals surface area contributed by atoms with E-state index >= 15 is 0 Å². The van der Waals surface area contributed by atoms with Crippen LogP contribution in [0.3, 0.4) is 0 Å². The first-order chi connectivity index (χ1) is 6.90. The molecule has 2 aliphatic carbocycles. The topological polar surface area (TPSA) is 12.0 Å². The molecule has 1 fully saturated rings. The van der Waals surface area contributed by atoms with Crippen LogP contribution in [0.15, 0.2) is 24.3 Å². The van der Waals surface area contributed by atoms with Crippen LogP contribution in [-0.2, 0) is 0 Å². The second-order valence-electron chi connectivity index (χ2n) is 4.57. The van der Waals surface area contributed by atoms with Gasteiger partial charge in [0.1, 0.15) is 0 Å². The summed E-state index contributed by atoms with van der Waals surface area (Å²) in [5.74, 6) is 1.65. The summed E-state index contributed by atoms with van der Waals surface area (Å²) in [4.78, 5) is 0. The lowest BCUT2D eigenvalue weighted by atomic mass is 9.88. The van der Waals surface area contributed by atoms with E-state index in [1.807, 2.05) is 0 Å². The van der Waals surface area contributed by atoms with Crippen molar-refractivity contribution in [3.63, 3.8) is 0 Å². The fraction of sp³-hybridized carbons (Fsp3) is 0.538. The number of benzene rings is 1. The zero-order chi connectivity index (χ0) is 9.54. The lowest BCUT2D eigenvalue weighted by Gasteiger charge is -2.24. The Morgan fingerprint density at radius 2 is 2.00 bits per heavy atom. The number of nitrogens with one attached hydrogen (secondary N) is 1. The number of hydrogen-bond acceptors (Lipinski definition) is 1. The molecule has 1 nitrogen and oxygen atoms in total. The van der Waals surface area contributed by atoms with Crippen molar-refractivity contribution < 1.29 is 0 Å². The van der Waals surface area contributed by atoms with Crippen LogP contribution in [0.2, 0.25) is 0 Å². The minimum Gasteiger partial charge on any atom is -0.314 e. The zero-order valence-corrected chi connectivity index (χ0v) is 8.66. The molecule has 1 saturated carbocycles. The average molecular weight is 187 g/mol. The minimum absolute atomic E-state index is 0.750. The van der Waals surface area contributed by atoms with Crippen LogP contribution in [0.1, 0.15) is 42.7 Å². The predicted molar refractivity (Wildman–Crippen MR) is 58.6 cm³/mol.